The van der Waals surface area contributed by atoms with Gasteiger partial charge in [0.15, 0.2) is 5.82 Å². The number of rotatable bonds is 6. The van der Waals surface area contributed by atoms with Gasteiger partial charge in [0.05, 0.1) is 17.6 Å². The molecule has 2 heterocycles. The number of nitrogens with zero attached hydrogens (tertiary/aromatic N) is 5. The molecule has 8 nitrogen and oxygen atoms in total. The number of H-pyrrole nitrogens is 1. The molecule has 0 spiro atoms. The van der Waals surface area contributed by atoms with Crippen LogP contribution < -0.4 is 5.32 Å². The quantitative estimate of drug-likeness (QED) is 0.701. The first-order chi connectivity index (χ1) is 10.8. The highest BCUT2D eigenvalue weighted by Crippen LogP contribution is 2.16. The lowest BCUT2D eigenvalue weighted by molar-refractivity contribution is -0.121. The number of para-hydroxylation sites is 2. The number of benzene rings is 1. The molecule has 8 heteroatoms. The highest BCUT2D eigenvalue weighted by Gasteiger charge is 2.10. The lowest BCUT2D eigenvalue weighted by Gasteiger charge is -2.08. The van der Waals surface area contributed by atoms with Gasteiger partial charge < -0.3 is 9.88 Å². The van der Waals surface area contributed by atoms with Crippen molar-refractivity contribution in [3.05, 3.63) is 35.9 Å². The summed E-state index contributed by atoms with van der Waals surface area (Å²) in [4.78, 5) is 16.5. The van der Waals surface area contributed by atoms with Gasteiger partial charge in [-0.3, -0.25) is 4.79 Å². The van der Waals surface area contributed by atoms with E-state index < -0.39 is 0 Å². The molecule has 0 saturated heterocycles. The van der Waals surface area contributed by atoms with E-state index in [0.717, 1.165) is 23.3 Å². The van der Waals surface area contributed by atoms with Gasteiger partial charge in [0.1, 0.15) is 5.82 Å². The van der Waals surface area contributed by atoms with Gasteiger partial charge in [0, 0.05) is 19.4 Å². The lowest BCUT2D eigenvalue weighted by Crippen LogP contribution is -2.24. The Balaban J connectivity index is 1.64. The summed E-state index contributed by atoms with van der Waals surface area (Å²) < 4.78 is 2.10. The van der Waals surface area contributed by atoms with Crippen molar-refractivity contribution in [1.82, 2.24) is 35.5 Å². The largest absolute Gasteiger partial charge is 0.349 e. The molecule has 2 aromatic heterocycles. The molecule has 0 fully saturated rings. The van der Waals surface area contributed by atoms with Crippen molar-refractivity contribution in [2.45, 2.75) is 32.9 Å². The summed E-state index contributed by atoms with van der Waals surface area (Å²) in [6.07, 6.45) is 1.21. The third kappa shape index (κ3) is 2.95. The molecular formula is C14H17N7O. The number of aromatic amines is 1. The Morgan fingerprint density at radius 2 is 2.23 bits per heavy atom. The second kappa shape index (κ2) is 6.33. The van der Waals surface area contributed by atoms with Crippen molar-refractivity contribution in [2.24, 2.45) is 0 Å². The molecule has 114 valence electrons. The van der Waals surface area contributed by atoms with Gasteiger partial charge in [0.25, 0.3) is 0 Å². The average molecular weight is 299 g/mol. The average Bonchev–Trinajstić information content (AvgIpc) is 3.18. The van der Waals surface area contributed by atoms with Crippen LogP contribution in [0.1, 0.15) is 25.0 Å². The minimum atomic E-state index is -0.0513. The molecule has 0 aliphatic rings. The number of hydrogen-bond donors (Lipinski definition) is 2. The standard InChI is InChI=1S/C14H17N7O/c1-2-13-16-10-5-3-4-6-11(10)21(13)8-7-14(22)15-9-12-17-19-20-18-12/h3-6H,2,7-9H2,1H3,(H,15,22)(H,17,18,19,20). The summed E-state index contributed by atoms with van der Waals surface area (Å²) >= 11 is 0. The predicted molar refractivity (Wildman–Crippen MR) is 79.8 cm³/mol. The first-order valence-corrected chi connectivity index (χ1v) is 7.21. The molecule has 1 aromatic carbocycles. The Hall–Kier alpha value is -2.77. The van der Waals surface area contributed by atoms with Crippen LogP contribution in [-0.4, -0.2) is 36.1 Å². The van der Waals surface area contributed by atoms with Gasteiger partial charge in [-0.1, -0.05) is 24.3 Å². The van der Waals surface area contributed by atoms with Crippen LogP contribution in [0.25, 0.3) is 11.0 Å². The number of aromatic nitrogens is 6. The number of fused-ring (bicyclic) bond motifs is 1. The van der Waals surface area contributed by atoms with Gasteiger partial charge in [0.2, 0.25) is 5.91 Å². The fourth-order valence-corrected chi connectivity index (χ4v) is 2.38. The van der Waals surface area contributed by atoms with E-state index in [2.05, 4.69) is 42.4 Å². The van der Waals surface area contributed by atoms with Crippen molar-refractivity contribution in [2.75, 3.05) is 0 Å². The number of nitrogens with one attached hydrogen (secondary N) is 2. The monoisotopic (exact) mass is 299 g/mol. The van der Waals surface area contributed by atoms with E-state index in [1.807, 2.05) is 24.3 Å². The van der Waals surface area contributed by atoms with E-state index in [9.17, 15) is 4.79 Å². The van der Waals surface area contributed by atoms with Crippen molar-refractivity contribution in [1.29, 1.82) is 0 Å². The zero-order valence-electron chi connectivity index (χ0n) is 12.3. The molecule has 2 N–H and O–H groups in total. The van der Waals surface area contributed by atoms with Gasteiger partial charge in [-0.05, 0) is 12.1 Å². The highest BCUT2D eigenvalue weighted by molar-refractivity contribution is 5.78. The molecule has 0 radical (unpaired) electrons. The Kier molecular flexibility index (Phi) is 4.08. The maximum absolute atomic E-state index is 11.9. The number of amides is 1. The number of carbonyl (C=O) groups is 1. The SMILES string of the molecule is CCc1nc2ccccc2n1CCC(=O)NCc1nn[nH]n1. The van der Waals surface area contributed by atoms with E-state index in [0.29, 0.717) is 18.8 Å². The van der Waals surface area contributed by atoms with Gasteiger partial charge in [-0.2, -0.15) is 5.21 Å². The normalized spacial score (nSPS) is 11.0. The molecule has 3 aromatic rings. The van der Waals surface area contributed by atoms with Crippen LogP contribution in [-0.2, 0) is 24.3 Å². The molecule has 1 amide bonds. The Bertz CT molecular complexity index is 763. The summed E-state index contributed by atoms with van der Waals surface area (Å²) in [6.45, 7) is 2.94. The smallest absolute Gasteiger partial charge is 0.222 e. The summed E-state index contributed by atoms with van der Waals surface area (Å²) in [5.41, 5.74) is 2.02. The maximum Gasteiger partial charge on any atom is 0.222 e. The number of imidazole rings is 1. The number of aryl methyl sites for hydroxylation is 2. The highest BCUT2D eigenvalue weighted by atomic mass is 16.1. The first kappa shape index (κ1) is 14.2. The van der Waals surface area contributed by atoms with Crippen LogP contribution in [0.2, 0.25) is 0 Å². The zero-order chi connectivity index (χ0) is 15.4. The van der Waals surface area contributed by atoms with Gasteiger partial charge >= 0.3 is 0 Å². The number of hydrogen-bond acceptors (Lipinski definition) is 5. The number of tetrazole rings is 1. The fourth-order valence-electron chi connectivity index (χ4n) is 2.38. The third-order valence-electron chi connectivity index (χ3n) is 3.45. The van der Waals surface area contributed by atoms with E-state index in [1.165, 1.54) is 0 Å². The van der Waals surface area contributed by atoms with Crippen LogP contribution in [0.4, 0.5) is 0 Å². The topological polar surface area (TPSA) is 101 Å². The molecule has 0 atom stereocenters. The molecule has 0 unspecified atom stereocenters. The Morgan fingerprint density at radius 3 is 3.00 bits per heavy atom. The molecule has 0 saturated carbocycles. The Labute approximate surface area is 126 Å². The summed E-state index contributed by atoms with van der Waals surface area (Å²) in [6, 6.07) is 7.97. The molecular weight excluding hydrogens is 282 g/mol. The van der Waals surface area contributed by atoms with Crippen LogP contribution >= 0.6 is 0 Å². The second-order valence-electron chi connectivity index (χ2n) is 4.88. The first-order valence-electron chi connectivity index (χ1n) is 7.21. The summed E-state index contributed by atoms with van der Waals surface area (Å²) in [5, 5.41) is 16.1. The molecule has 0 bridgehead atoms. The predicted octanol–water partition coefficient (Wildman–Crippen LogP) is 0.818. The van der Waals surface area contributed by atoms with Crippen molar-refractivity contribution in [3.63, 3.8) is 0 Å². The second-order valence-corrected chi connectivity index (χ2v) is 4.88. The van der Waals surface area contributed by atoms with Crippen LogP contribution in [0, 0.1) is 0 Å². The van der Waals surface area contributed by atoms with Crippen LogP contribution in [0.3, 0.4) is 0 Å². The fraction of sp³-hybridized carbons (Fsp3) is 0.357. The summed E-state index contributed by atoms with van der Waals surface area (Å²) in [5.74, 6) is 1.41. The lowest BCUT2D eigenvalue weighted by atomic mass is 10.3. The van der Waals surface area contributed by atoms with Crippen LogP contribution in [0.5, 0.6) is 0 Å². The Morgan fingerprint density at radius 1 is 1.36 bits per heavy atom. The maximum atomic E-state index is 11.9. The summed E-state index contributed by atoms with van der Waals surface area (Å²) in [7, 11) is 0. The molecule has 22 heavy (non-hydrogen) atoms. The minimum absolute atomic E-state index is 0.0513. The van der Waals surface area contributed by atoms with Gasteiger partial charge in [-0.15, -0.1) is 10.2 Å². The molecule has 0 aliphatic carbocycles. The third-order valence-corrected chi connectivity index (χ3v) is 3.45. The van der Waals surface area contributed by atoms with E-state index in [4.69, 9.17) is 0 Å². The van der Waals surface area contributed by atoms with Gasteiger partial charge in [-0.25, -0.2) is 4.98 Å². The van der Waals surface area contributed by atoms with Crippen molar-refractivity contribution in [3.8, 4) is 0 Å². The van der Waals surface area contributed by atoms with E-state index in [-0.39, 0.29) is 12.5 Å². The van der Waals surface area contributed by atoms with E-state index >= 15 is 0 Å². The zero-order valence-corrected chi connectivity index (χ0v) is 12.3. The molecule has 0 aliphatic heterocycles. The van der Waals surface area contributed by atoms with E-state index in [1.54, 1.807) is 0 Å². The minimum Gasteiger partial charge on any atom is -0.349 e. The molecule has 3 rings (SSSR count). The number of carbonyl (C=O) groups excluding carboxylic acids is 1. The van der Waals surface area contributed by atoms with Crippen LogP contribution in [0.15, 0.2) is 24.3 Å². The van der Waals surface area contributed by atoms with Crippen molar-refractivity contribution < 1.29 is 4.79 Å². The van der Waals surface area contributed by atoms with Crippen molar-refractivity contribution >= 4 is 16.9 Å².